The van der Waals surface area contributed by atoms with Gasteiger partial charge in [-0.05, 0) is 24.3 Å². The lowest BCUT2D eigenvalue weighted by Crippen LogP contribution is -1.99. The molecule has 0 saturated carbocycles. The smallest absolute Gasteiger partial charge is 0.160 e. The molecule has 0 aromatic heterocycles. The van der Waals surface area contributed by atoms with Crippen LogP contribution >= 0.6 is 23.2 Å². The summed E-state index contributed by atoms with van der Waals surface area (Å²) >= 11 is 11.4. The summed E-state index contributed by atoms with van der Waals surface area (Å²) in [5.41, 5.74) is 1.58. The maximum atomic E-state index is 13.2. The van der Waals surface area contributed by atoms with Crippen molar-refractivity contribution in [3.63, 3.8) is 0 Å². The Morgan fingerprint density at radius 3 is 2.32 bits per heavy atom. The quantitative estimate of drug-likeness (QED) is 0.630. The summed E-state index contributed by atoms with van der Waals surface area (Å²) in [6, 6.07) is 12.6. The molecule has 0 amide bonds. The second-order valence-corrected chi connectivity index (χ2v) is 4.59. The van der Waals surface area contributed by atoms with Crippen molar-refractivity contribution in [2.45, 2.75) is 0 Å². The molecule has 0 unspecified atom stereocenters. The number of benzene rings is 2. The molecule has 0 saturated heterocycles. The van der Waals surface area contributed by atoms with Gasteiger partial charge in [0.2, 0.25) is 0 Å². The first-order valence-corrected chi connectivity index (χ1v) is 6.35. The van der Waals surface area contributed by atoms with Crippen LogP contribution in [0.15, 0.2) is 42.5 Å². The zero-order valence-electron chi connectivity index (χ0n) is 9.88. The van der Waals surface area contributed by atoms with E-state index in [1.807, 2.05) is 30.3 Å². The van der Waals surface area contributed by atoms with E-state index < -0.39 is 5.82 Å². The largest absolute Gasteiger partial charge is 0.374 e. The van der Waals surface area contributed by atoms with Gasteiger partial charge in [0, 0.05) is 11.3 Å². The van der Waals surface area contributed by atoms with E-state index in [4.69, 9.17) is 23.2 Å². The number of hydrogen-bond donors (Lipinski definition) is 1. The fourth-order valence-corrected chi connectivity index (χ4v) is 1.96. The highest BCUT2D eigenvalue weighted by molar-refractivity contribution is 6.35. The first-order valence-electron chi connectivity index (χ1n) is 5.59. The zero-order chi connectivity index (χ0) is 13.7. The van der Waals surface area contributed by atoms with Gasteiger partial charge in [-0.1, -0.05) is 53.2 Å². The molecule has 0 aliphatic heterocycles. The molecule has 0 atom stereocenters. The van der Waals surface area contributed by atoms with Gasteiger partial charge in [0.15, 0.2) is 5.82 Å². The van der Waals surface area contributed by atoms with E-state index in [1.54, 1.807) is 0 Å². The molecule has 1 nitrogen and oxygen atoms in total. The third kappa shape index (κ3) is 3.89. The number of rotatable bonds is 2. The van der Waals surface area contributed by atoms with Crippen molar-refractivity contribution in [2.24, 2.45) is 0 Å². The number of anilines is 1. The van der Waals surface area contributed by atoms with E-state index in [2.05, 4.69) is 17.2 Å². The molecule has 2 aromatic carbocycles. The van der Waals surface area contributed by atoms with Crippen LogP contribution in [0, 0.1) is 17.7 Å². The summed E-state index contributed by atoms with van der Waals surface area (Å²) in [6.07, 6.45) is 0. The molecule has 4 heteroatoms. The van der Waals surface area contributed by atoms with Gasteiger partial charge in [-0.15, -0.1) is 0 Å². The Balaban J connectivity index is 1.99. The van der Waals surface area contributed by atoms with Crippen LogP contribution in [0.4, 0.5) is 10.1 Å². The maximum Gasteiger partial charge on any atom is 0.160 e. The summed E-state index contributed by atoms with van der Waals surface area (Å²) in [5, 5.41) is 3.00. The van der Waals surface area contributed by atoms with Crippen LogP contribution in [0.25, 0.3) is 0 Å². The molecule has 0 spiro atoms. The molecule has 2 rings (SSSR count). The van der Waals surface area contributed by atoms with E-state index in [9.17, 15) is 4.39 Å². The normalized spacial score (nSPS) is 9.63. The summed E-state index contributed by atoms with van der Waals surface area (Å²) in [4.78, 5) is 0. The average Bonchev–Trinajstić information content (AvgIpc) is 2.42. The number of nitrogens with one attached hydrogen (secondary N) is 1. The van der Waals surface area contributed by atoms with Gasteiger partial charge in [0.1, 0.15) is 0 Å². The van der Waals surface area contributed by atoms with Gasteiger partial charge in [-0.25, -0.2) is 4.39 Å². The molecule has 0 aliphatic rings. The van der Waals surface area contributed by atoms with Crippen molar-refractivity contribution in [2.75, 3.05) is 11.9 Å². The Morgan fingerprint density at radius 1 is 1.05 bits per heavy atom. The SMILES string of the molecule is Fc1c(Cl)cc(NCC#Cc2ccccc2)cc1Cl. The zero-order valence-corrected chi connectivity index (χ0v) is 11.4. The minimum atomic E-state index is -0.607. The van der Waals surface area contributed by atoms with Crippen molar-refractivity contribution >= 4 is 28.9 Å². The topological polar surface area (TPSA) is 12.0 Å². The predicted molar refractivity (Wildman–Crippen MR) is 78.2 cm³/mol. The second kappa shape index (κ2) is 6.47. The van der Waals surface area contributed by atoms with E-state index in [-0.39, 0.29) is 10.0 Å². The molecule has 0 heterocycles. The van der Waals surface area contributed by atoms with Gasteiger partial charge in [-0.3, -0.25) is 0 Å². The van der Waals surface area contributed by atoms with Gasteiger partial charge in [-0.2, -0.15) is 0 Å². The van der Waals surface area contributed by atoms with Gasteiger partial charge in [0.25, 0.3) is 0 Å². The van der Waals surface area contributed by atoms with Gasteiger partial charge in [0.05, 0.1) is 16.6 Å². The predicted octanol–water partition coefficient (Wildman–Crippen LogP) is 4.60. The Bertz CT molecular complexity index is 607. The standard InChI is InChI=1S/C15H10Cl2FN/c16-13-9-12(10-14(17)15(13)18)19-8-4-7-11-5-2-1-3-6-11/h1-3,5-6,9-10,19H,8H2. The highest BCUT2D eigenvalue weighted by Gasteiger charge is 2.06. The lowest BCUT2D eigenvalue weighted by Gasteiger charge is -2.04. The van der Waals surface area contributed by atoms with Crippen molar-refractivity contribution in [3.05, 3.63) is 63.9 Å². The monoisotopic (exact) mass is 293 g/mol. The van der Waals surface area contributed by atoms with E-state index >= 15 is 0 Å². The summed E-state index contributed by atoms with van der Waals surface area (Å²) < 4.78 is 13.2. The van der Waals surface area contributed by atoms with Crippen LogP contribution < -0.4 is 5.32 Å². The van der Waals surface area contributed by atoms with Crippen molar-refractivity contribution in [1.82, 2.24) is 0 Å². The fourth-order valence-electron chi connectivity index (χ4n) is 1.47. The fraction of sp³-hybridized carbons (Fsp3) is 0.0667. The maximum absolute atomic E-state index is 13.2. The molecule has 1 N–H and O–H groups in total. The molecule has 0 bridgehead atoms. The molecular weight excluding hydrogens is 284 g/mol. The number of hydrogen-bond acceptors (Lipinski definition) is 1. The Labute approximate surface area is 121 Å². The van der Waals surface area contributed by atoms with Crippen molar-refractivity contribution in [3.8, 4) is 11.8 Å². The summed E-state index contributed by atoms with van der Waals surface area (Å²) in [7, 11) is 0. The van der Waals surface area contributed by atoms with Crippen molar-refractivity contribution < 1.29 is 4.39 Å². The second-order valence-electron chi connectivity index (χ2n) is 3.78. The van der Waals surface area contributed by atoms with Crippen LogP contribution in [-0.2, 0) is 0 Å². The first kappa shape index (κ1) is 13.7. The van der Waals surface area contributed by atoms with Crippen LogP contribution in [0.3, 0.4) is 0 Å². The molecule has 2 aromatic rings. The van der Waals surface area contributed by atoms with Crippen LogP contribution in [0.5, 0.6) is 0 Å². The lowest BCUT2D eigenvalue weighted by atomic mass is 10.2. The van der Waals surface area contributed by atoms with E-state index in [0.717, 1.165) is 5.56 Å². The Morgan fingerprint density at radius 2 is 1.68 bits per heavy atom. The molecule has 0 radical (unpaired) electrons. The minimum absolute atomic E-state index is 0.00832. The molecule has 0 fully saturated rings. The summed E-state index contributed by atoms with van der Waals surface area (Å²) in [6.45, 7) is 0.424. The lowest BCUT2D eigenvalue weighted by molar-refractivity contribution is 0.629. The Hall–Kier alpha value is -1.69. The van der Waals surface area contributed by atoms with Crippen LogP contribution in [0.1, 0.15) is 5.56 Å². The third-order valence-corrected chi connectivity index (χ3v) is 2.92. The highest BCUT2D eigenvalue weighted by atomic mass is 35.5. The molecule has 96 valence electrons. The number of halogens is 3. The Kier molecular flexibility index (Phi) is 4.68. The molecule has 19 heavy (non-hydrogen) atoms. The summed E-state index contributed by atoms with van der Waals surface area (Å²) in [5.74, 6) is 5.36. The highest BCUT2D eigenvalue weighted by Crippen LogP contribution is 2.27. The van der Waals surface area contributed by atoms with Crippen molar-refractivity contribution in [1.29, 1.82) is 0 Å². The van der Waals surface area contributed by atoms with E-state index in [1.165, 1.54) is 12.1 Å². The average molecular weight is 294 g/mol. The molecule has 0 aliphatic carbocycles. The van der Waals surface area contributed by atoms with E-state index in [0.29, 0.717) is 12.2 Å². The van der Waals surface area contributed by atoms with Crippen LogP contribution in [-0.4, -0.2) is 6.54 Å². The van der Waals surface area contributed by atoms with Gasteiger partial charge >= 0.3 is 0 Å². The third-order valence-electron chi connectivity index (χ3n) is 2.37. The first-order chi connectivity index (χ1) is 9.16. The van der Waals surface area contributed by atoms with Gasteiger partial charge < -0.3 is 5.32 Å². The molecular formula is C15H10Cl2FN. The minimum Gasteiger partial charge on any atom is -0.374 e. The van der Waals surface area contributed by atoms with Crippen LogP contribution in [0.2, 0.25) is 10.0 Å².